The van der Waals surface area contributed by atoms with E-state index in [0.29, 0.717) is 6.54 Å². The molecule has 1 aliphatic rings. The molecule has 0 amide bonds. The van der Waals surface area contributed by atoms with Gasteiger partial charge in [0.2, 0.25) is 0 Å². The molecule has 0 fully saturated rings. The van der Waals surface area contributed by atoms with Crippen molar-refractivity contribution in [2.24, 2.45) is 7.05 Å². The van der Waals surface area contributed by atoms with E-state index < -0.39 is 6.10 Å². The summed E-state index contributed by atoms with van der Waals surface area (Å²) in [5, 5.41) is 16.4. The molecule has 0 bridgehead atoms. The second-order valence-electron chi connectivity index (χ2n) is 3.10. The molecule has 13 heavy (non-hydrogen) atoms. The Morgan fingerprint density at radius 1 is 1.69 bits per heavy atom. The summed E-state index contributed by atoms with van der Waals surface area (Å²) in [5.74, 6) is 0.811. The van der Waals surface area contributed by atoms with Crippen LogP contribution in [0.5, 0.6) is 0 Å². The van der Waals surface area contributed by atoms with Crippen molar-refractivity contribution in [1.82, 2.24) is 20.1 Å². The van der Waals surface area contributed by atoms with E-state index in [1.54, 1.807) is 4.68 Å². The number of aryl methyl sites for hydroxylation is 1. The summed E-state index contributed by atoms with van der Waals surface area (Å²) in [6, 6.07) is 0. The van der Waals surface area contributed by atoms with Gasteiger partial charge in [-0.3, -0.25) is 0 Å². The standard InChI is InChI=1S/C8H12N4O/c1-12-8(10-5-11-12)6-2-7(13)4-9-3-6/h2,5,7,9,13H,3-4H2,1H3. The van der Waals surface area contributed by atoms with Gasteiger partial charge >= 0.3 is 0 Å². The average molecular weight is 180 g/mol. The predicted molar refractivity (Wildman–Crippen MR) is 47.9 cm³/mol. The van der Waals surface area contributed by atoms with Gasteiger partial charge in [-0.1, -0.05) is 0 Å². The summed E-state index contributed by atoms with van der Waals surface area (Å²) in [4.78, 5) is 4.11. The van der Waals surface area contributed by atoms with E-state index in [9.17, 15) is 5.11 Å². The molecule has 0 radical (unpaired) electrons. The first-order valence-electron chi connectivity index (χ1n) is 4.21. The van der Waals surface area contributed by atoms with E-state index in [1.807, 2.05) is 13.1 Å². The SMILES string of the molecule is Cn1ncnc1C1=CC(O)CNC1. The Bertz CT molecular complexity index is 331. The van der Waals surface area contributed by atoms with Crippen molar-refractivity contribution in [2.45, 2.75) is 6.10 Å². The van der Waals surface area contributed by atoms with Crippen LogP contribution in [-0.4, -0.2) is 39.1 Å². The van der Waals surface area contributed by atoms with Gasteiger partial charge in [0.15, 0.2) is 5.82 Å². The number of nitrogens with one attached hydrogen (secondary N) is 1. The van der Waals surface area contributed by atoms with Crippen molar-refractivity contribution in [2.75, 3.05) is 13.1 Å². The van der Waals surface area contributed by atoms with Gasteiger partial charge in [0, 0.05) is 25.7 Å². The number of β-amino-alcohol motifs (C(OH)–C–C–N with tert-alkyl or cyclic N) is 1. The van der Waals surface area contributed by atoms with Crippen molar-refractivity contribution < 1.29 is 5.11 Å². The van der Waals surface area contributed by atoms with Crippen LogP contribution in [0, 0.1) is 0 Å². The molecule has 1 aliphatic heterocycles. The van der Waals surface area contributed by atoms with Crippen LogP contribution in [0.1, 0.15) is 5.82 Å². The summed E-state index contributed by atoms with van der Waals surface area (Å²) in [5.41, 5.74) is 0.999. The van der Waals surface area contributed by atoms with Crippen LogP contribution in [0.4, 0.5) is 0 Å². The first-order chi connectivity index (χ1) is 6.27. The van der Waals surface area contributed by atoms with E-state index in [1.165, 1.54) is 6.33 Å². The molecule has 1 aromatic heterocycles. The first kappa shape index (κ1) is 8.40. The van der Waals surface area contributed by atoms with Gasteiger partial charge in [-0.25, -0.2) is 9.67 Å². The Kier molecular flexibility index (Phi) is 2.12. The fourth-order valence-corrected chi connectivity index (χ4v) is 1.45. The van der Waals surface area contributed by atoms with Gasteiger partial charge in [0.25, 0.3) is 0 Å². The Labute approximate surface area is 76.1 Å². The second-order valence-corrected chi connectivity index (χ2v) is 3.10. The molecular weight excluding hydrogens is 168 g/mol. The topological polar surface area (TPSA) is 63.0 Å². The van der Waals surface area contributed by atoms with E-state index in [0.717, 1.165) is 17.9 Å². The van der Waals surface area contributed by atoms with Crippen molar-refractivity contribution >= 4 is 5.57 Å². The lowest BCUT2D eigenvalue weighted by atomic mass is 10.1. The Balaban J connectivity index is 2.30. The van der Waals surface area contributed by atoms with Crippen LogP contribution in [-0.2, 0) is 7.05 Å². The molecule has 0 saturated heterocycles. The van der Waals surface area contributed by atoms with Crippen LogP contribution >= 0.6 is 0 Å². The molecule has 1 aromatic rings. The largest absolute Gasteiger partial charge is 0.388 e. The van der Waals surface area contributed by atoms with Crippen LogP contribution in [0.2, 0.25) is 0 Å². The van der Waals surface area contributed by atoms with Gasteiger partial charge in [0.05, 0.1) is 6.10 Å². The normalized spacial score (nSPS) is 22.9. The maximum atomic E-state index is 9.37. The molecule has 2 rings (SSSR count). The minimum Gasteiger partial charge on any atom is -0.388 e. The number of hydrogen-bond donors (Lipinski definition) is 2. The second kappa shape index (κ2) is 3.27. The molecule has 5 heteroatoms. The highest BCUT2D eigenvalue weighted by Crippen LogP contribution is 2.12. The van der Waals surface area contributed by atoms with Gasteiger partial charge in [0.1, 0.15) is 6.33 Å². The van der Waals surface area contributed by atoms with Crippen molar-refractivity contribution in [3.05, 3.63) is 18.2 Å². The van der Waals surface area contributed by atoms with Gasteiger partial charge in [-0.05, 0) is 6.08 Å². The Morgan fingerprint density at radius 3 is 3.15 bits per heavy atom. The maximum Gasteiger partial charge on any atom is 0.154 e. The molecule has 1 atom stereocenters. The molecule has 1 unspecified atom stereocenters. The van der Waals surface area contributed by atoms with E-state index >= 15 is 0 Å². The summed E-state index contributed by atoms with van der Waals surface area (Å²) < 4.78 is 1.70. The highest BCUT2D eigenvalue weighted by Gasteiger charge is 2.14. The van der Waals surface area contributed by atoms with E-state index in [2.05, 4.69) is 15.4 Å². The quantitative estimate of drug-likeness (QED) is 0.591. The number of aliphatic hydroxyl groups excluding tert-OH is 1. The zero-order chi connectivity index (χ0) is 9.26. The number of rotatable bonds is 1. The Morgan fingerprint density at radius 2 is 2.54 bits per heavy atom. The third-order valence-electron chi connectivity index (χ3n) is 2.06. The fourth-order valence-electron chi connectivity index (χ4n) is 1.45. The summed E-state index contributed by atoms with van der Waals surface area (Å²) in [6.45, 7) is 1.35. The molecule has 0 aromatic carbocycles. The number of hydrogen-bond acceptors (Lipinski definition) is 4. The molecule has 70 valence electrons. The van der Waals surface area contributed by atoms with Crippen molar-refractivity contribution in [3.8, 4) is 0 Å². The lowest BCUT2D eigenvalue weighted by Gasteiger charge is -2.17. The maximum absolute atomic E-state index is 9.37. The third kappa shape index (κ3) is 1.61. The highest BCUT2D eigenvalue weighted by atomic mass is 16.3. The number of nitrogens with zero attached hydrogens (tertiary/aromatic N) is 3. The first-order valence-corrected chi connectivity index (χ1v) is 4.21. The molecular formula is C8H12N4O. The predicted octanol–water partition coefficient (Wildman–Crippen LogP) is -0.837. The Hall–Kier alpha value is -1.20. The summed E-state index contributed by atoms with van der Waals surface area (Å²) in [6.07, 6.45) is 2.91. The lowest BCUT2D eigenvalue weighted by molar-refractivity contribution is 0.216. The lowest BCUT2D eigenvalue weighted by Crippen LogP contribution is -2.32. The minimum atomic E-state index is -0.416. The molecule has 2 N–H and O–H groups in total. The van der Waals surface area contributed by atoms with E-state index in [-0.39, 0.29) is 0 Å². The van der Waals surface area contributed by atoms with Crippen LogP contribution < -0.4 is 5.32 Å². The molecule has 0 spiro atoms. The van der Waals surface area contributed by atoms with E-state index in [4.69, 9.17) is 0 Å². The van der Waals surface area contributed by atoms with Crippen LogP contribution in [0.3, 0.4) is 0 Å². The summed E-state index contributed by atoms with van der Waals surface area (Å²) in [7, 11) is 1.84. The molecule has 0 aliphatic carbocycles. The van der Waals surface area contributed by atoms with Crippen LogP contribution in [0.15, 0.2) is 12.4 Å². The van der Waals surface area contributed by atoms with Crippen LogP contribution in [0.25, 0.3) is 5.57 Å². The van der Waals surface area contributed by atoms with Gasteiger partial charge < -0.3 is 10.4 Å². The third-order valence-corrected chi connectivity index (χ3v) is 2.06. The van der Waals surface area contributed by atoms with Gasteiger partial charge in [-0.2, -0.15) is 5.10 Å². The van der Waals surface area contributed by atoms with Gasteiger partial charge in [-0.15, -0.1) is 0 Å². The zero-order valence-corrected chi connectivity index (χ0v) is 7.44. The molecule has 5 nitrogen and oxygen atoms in total. The minimum absolute atomic E-state index is 0.416. The van der Waals surface area contributed by atoms with Crippen molar-refractivity contribution in [1.29, 1.82) is 0 Å². The zero-order valence-electron chi connectivity index (χ0n) is 7.44. The summed E-state index contributed by atoms with van der Waals surface area (Å²) >= 11 is 0. The smallest absolute Gasteiger partial charge is 0.154 e. The van der Waals surface area contributed by atoms with Crippen molar-refractivity contribution in [3.63, 3.8) is 0 Å². The molecule has 0 saturated carbocycles. The highest BCUT2D eigenvalue weighted by molar-refractivity contribution is 5.62. The monoisotopic (exact) mass is 180 g/mol. The number of aromatic nitrogens is 3. The average Bonchev–Trinajstić information content (AvgIpc) is 2.51. The fraction of sp³-hybridized carbons (Fsp3) is 0.500. The molecule has 2 heterocycles. The number of aliphatic hydroxyl groups is 1.